The van der Waals surface area contributed by atoms with E-state index in [2.05, 4.69) is 4.98 Å². The van der Waals surface area contributed by atoms with Gasteiger partial charge in [0.15, 0.2) is 0 Å². The van der Waals surface area contributed by atoms with Crippen LogP contribution in [0.4, 0.5) is 0 Å². The summed E-state index contributed by atoms with van der Waals surface area (Å²) in [6.45, 7) is 0. The van der Waals surface area contributed by atoms with Gasteiger partial charge in [0.1, 0.15) is 5.75 Å². The average molecular weight is 243 g/mol. The fourth-order valence-electron chi connectivity index (χ4n) is 1.80. The zero-order chi connectivity index (χ0) is 13.0. The third kappa shape index (κ3) is 2.18. The Morgan fingerprint density at radius 1 is 1.11 bits per heavy atom. The summed E-state index contributed by atoms with van der Waals surface area (Å²) in [5.41, 5.74) is 2.06. The van der Waals surface area contributed by atoms with Crippen LogP contribution < -0.4 is 4.74 Å². The molecule has 1 aromatic heterocycles. The molecule has 0 spiro atoms. The Morgan fingerprint density at radius 2 is 1.83 bits per heavy atom. The highest BCUT2D eigenvalue weighted by molar-refractivity contribution is 5.99. The van der Waals surface area contributed by atoms with Gasteiger partial charge < -0.3 is 9.47 Å². The number of ether oxygens (including phenoxy) is 2. The van der Waals surface area contributed by atoms with E-state index in [-0.39, 0.29) is 5.97 Å². The standard InChI is InChI=1S/C14H13NO3/c1-17-12-5-3-4-11(14(16)18-2)13(12)10-6-8-15-9-7-10/h3-9H,1-2H3. The van der Waals surface area contributed by atoms with E-state index in [9.17, 15) is 4.79 Å². The molecule has 0 aliphatic carbocycles. The van der Waals surface area contributed by atoms with E-state index in [4.69, 9.17) is 9.47 Å². The van der Waals surface area contributed by atoms with Crippen molar-refractivity contribution in [3.63, 3.8) is 0 Å². The van der Waals surface area contributed by atoms with Crippen molar-refractivity contribution in [1.82, 2.24) is 4.98 Å². The minimum absolute atomic E-state index is 0.388. The van der Waals surface area contributed by atoms with E-state index < -0.39 is 0 Å². The molecule has 18 heavy (non-hydrogen) atoms. The van der Waals surface area contributed by atoms with E-state index >= 15 is 0 Å². The van der Waals surface area contributed by atoms with Crippen molar-refractivity contribution >= 4 is 5.97 Å². The fourth-order valence-corrected chi connectivity index (χ4v) is 1.80. The lowest BCUT2D eigenvalue weighted by atomic mass is 9.99. The van der Waals surface area contributed by atoms with Crippen LogP contribution in [0.1, 0.15) is 10.4 Å². The van der Waals surface area contributed by atoms with Crippen LogP contribution >= 0.6 is 0 Å². The summed E-state index contributed by atoms with van der Waals surface area (Å²) < 4.78 is 10.1. The lowest BCUT2D eigenvalue weighted by Gasteiger charge is -2.12. The molecule has 2 aromatic rings. The van der Waals surface area contributed by atoms with Crippen molar-refractivity contribution in [3.8, 4) is 16.9 Å². The molecule has 0 unspecified atom stereocenters. The third-order valence-corrected chi connectivity index (χ3v) is 2.62. The van der Waals surface area contributed by atoms with Gasteiger partial charge in [-0.3, -0.25) is 4.98 Å². The molecule has 1 aromatic carbocycles. The van der Waals surface area contributed by atoms with Gasteiger partial charge in [0.25, 0.3) is 0 Å². The number of rotatable bonds is 3. The lowest BCUT2D eigenvalue weighted by Crippen LogP contribution is -2.04. The number of aromatic nitrogens is 1. The first kappa shape index (κ1) is 12.1. The van der Waals surface area contributed by atoms with Crippen LogP contribution in [-0.4, -0.2) is 25.2 Å². The van der Waals surface area contributed by atoms with Gasteiger partial charge in [0, 0.05) is 18.0 Å². The maximum Gasteiger partial charge on any atom is 0.338 e. The van der Waals surface area contributed by atoms with E-state index in [1.54, 1.807) is 31.6 Å². The lowest BCUT2D eigenvalue weighted by molar-refractivity contribution is 0.0601. The topological polar surface area (TPSA) is 48.4 Å². The minimum atomic E-state index is -0.388. The predicted molar refractivity (Wildman–Crippen MR) is 67.6 cm³/mol. The first-order chi connectivity index (χ1) is 8.77. The molecular weight excluding hydrogens is 230 g/mol. The highest BCUT2D eigenvalue weighted by Crippen LogP contribution is 2.33. The van der Waals surface area contributed by atoms with Crippen molar-refractivity contribution in [3.05, 3.63) is 48.3 Å². The number of carbonyl (C=O) groups excluding carboxylic acids is 1. The Morgan fingerprint density at radius 3 is 2.44 bits per heavy atom. The Hall–Kier alpha value is -2.36. The molecule has 0 radical (unpaired) electrons. The van der Waals surface area contributed by atoms with E-state index in [0.717, 1.165) is 5.56 Å². The summed E-state index contributed by atoms with van der Waals surface area (Å²) >= 11 is 0. The summed E-state index contributed by atoms with van der Waals surface area (Å²) in [5, 5.41) is 0. The number of hydrogen-bond acceptors (Lipinski definition) is 4. The fraction of sp³-hybridized carbons (Fsp3) is 0.143. The summed E-state index contributed by atoms with van der Waals surface area (Å²) in [7, 11) is 2.93. The van der Waals surface area contributed by atoms with E-state index in [1.807, 2.05) is 18.2 Å². The molecule has 0 fully saturated rings. The summed E-state index contributed by atoms with van der Waals surface area (Å²) in [6, 6.07) is 8.93. The molecule has 0 bridgehead atoms. The van der Waals surface area contributed by atoms with Crippen LogP contribution in [0, 0.1) is 0 Å². The summed E-state index contributed by atoms with van der Waals surface area (Å²) in [4.78, 5) is 15.7. The average Bonchev–Trinajstić information content (AvgIpc) is 2.46. The monoisotopic (exact) mass is 243 g/mol. The normalized spacial score (nSPS) is 9.89. The second-order valence-electron chi connectivity index (χ2n) is 3.61. The molecule has 0 aliphatic rings. The third-order valence-electron chi connectivity index (χ3n) is 2.62. The van der Waals surface area contributed by atoms with Crippen LogP contribution in [0.15, 0.2) is 42.7 Å². The number of nitrogens with zero attached hydrogens (tertiary/aromatic N) is 1. The number of methoxy groups -OCH3 is 2. The number of benzene rings is 1. The maximum absolute atomic E-state index is 11.8. The van der Waals surface area contributed by atoms with Gasteiger partial charge in [-0.15, -0.1) is 0 Å². The molecule has 0 saturated carbocycles. The smallest absolute Gasteiger partial charge is 0.338 e. The van der Waals surface area contributed by atoms with E-state index in [0.29, 0.717) is 16.9 Å². The van der Waals surface area contributed by atoms with Crippen molar-refractivity contribution in [2.75, 3.05) is 14.2 Å². The zero-order valence-corrected chi connectivity index (χ0v) is 10.2. The van der Waals surface area contributed by atoms with Gasteiger partial charge in [-0.2, -0.15) is 0 Å². The molecule has 92 valence electrons. The van der Waals surface area contributed by atoms with Gasteiger partial charge in [-0.25, -0.2) is 4.79 Å². The molecule has 4 heteroatoms. The van der Waals surface area contributed by atoms with Crippen LogP contribution in [0.25, 0.3) is 11.1 Å². The summed E-state index contributed by atoms with van der Waals surface area (Å²) in [5.74, 6) is 0.241. The minimum Gasteiger partial charge on any atom is -0.496 e. The highest BCUT2D eigenvalue weighted by atomic mass is 16.5. The zero-order valence-electron chi connectivity index (χ0n) is 10.2. The largest absolute Gasteiger partial charge is 0.496 e. The molecule has 2 rings (SSSR count). The molecule has 0 atom stereocenters. The van der Waals surface area contributed by atoms with Gasteiger partial charge in [-0.1, -0.05) is 6.07 Å². The van der Waals surface area contributed by atoms with Gasteiger partial charge in [0.05, 0.1) is 19.8 Å². The maximum atomic E-state index is 11.8. The van der Waals surface area contributed by atoms with Gasteiger partial charge >= 0.3 is 5.97 Å². The Bertz CT molecular complexity index is 552. The highest BCUT2D eigenvalue weighted by Gasteiger charge is 2.17. The van der Waals surface area contributed by atoms with Crippen molar-refractivity contribution in [2.24, 2.45) is 0 Å². The van der Waals surface area contributed by atoms with Crippen LogP contribution in [0.2, 0.25) is 0 Å². The van der Waals surface area contributed by atoms with E-state index in [1.165, 1.54) is 7.11 Å². The summed E-state index contributed by atoms with van der Waals surface area (Å²) in [6.07, 6.45) is 3.34. The Kier molecular flexibility index (Phi) is 3.57. The Labute approximate surface area is 105 Å². The van der Waals surface area contributed by atoms with Crippen LogP contribution in [0.3, 0.4) is 0 Å². The molecule has 0 aliphatic heterocycles. The van der Waals surface area contributed by atoms with Gasteiger partial charge in [-0.05, 0) is 29.8 Å². The van der Waals surface area contributed by atoms with Crippen LogP contribution in [0.5, 0.6) is 5.75 Å². The number of carbonyl (C=O) groups is 1. The predicted octanol–water partition coefficient (Wildman–Crippen LogP) is 2.54. The first-order valence-corrected chi connectivity index (χ1v) is 5.43. The van der Waals surface area contributed by atoms with Crippen molar-refractivity contribution in [2.45, 2.75) is 0 Å². The van der Waals surface area contributed by atoms with Crippen LogP contribution in [-0.2, 0) is 4.74 Å². The molecule has 4 nitrogen and oxygen atoms in total. The number of esters is 1. The number of hydrogen-bond donors (Lipinski definition) is 0. The SMILES string of the molecule is COC(=O)c1cccc(OC)c1-c1ccncc1. The van der Waals surface area contributed by atoms with Gasteiger partial charge in [0.2, 0.25) is 0 Å². The first-order valence-electron chi connectivity index (χ1n) is 5.43. The molecular formula is C14H13NO3. The van der Waals surface area contributed by atoms with Crippen molar-refractivity contribution < 1.29 is 14.3 Å². The number of pyridine rings is 1. The Balaban J connectivity index is 2.66. The molecule has 0 N–H and O–H groups in total. The van der Waals surface area contributed by atoms with Crippen molar-refractivity contribution in [1.29, 1.82) is 0 Å². The molecule has 0 amide bonds. The second-order valence-corrected chi connectivity index (χ2v) is 3.61. The molecule has 1 heterocycles. The second kappa shape index (κ2) is 5.31. The quantitative estimate of drug-likeness (QED) is 0.777. The molecule has 0 saturated heterocycles.